The van der Waals surface area contributed by atoms with Gasteiger partial charge in [0.25, 0.3) is 0 Å². The fraction of sp³-hybridized carbons (Fsp3) is 0.250. The molecule has 0 aliphatic carbocycles. The quantitative estimate of drug-likeness (QED) is 0.664. The van der Waals surface area contributed by atoms with E-state index in [9.17, 15) is 4.39 Å². The first-order chi connectivity index (χ1) is 3.83. The number of alkyl halides is 1. The summed E-state index contributed by atoms with van der Waals surface area (Å²) in [6.45, 7) is -0.476. The molecule has 1 heterocycles. The molecule has 0 amide bonds. The zero-order chi connectivity index (χ0) is 5.98. The second kappa shape index (κ2) is 2.43. The smallest absolute Gasteiger partial charge is 0.133 e. The number of hydrogen-bond acceptors (Lipinski definition) is 1. The Balaban J connectivity index is 2.84. The van der Waals surface area contributed by atoms with E-state index in [1.807, 2.05) is 22.9 Å². The van der Waals surface area contributed by atoms with Crippen molar-refractivity contribution in [2.45, 2.75) is 6.67 Å². The Hall–Kier alpha value is -0.130. The molecule has 1 aromatic rings. The average Bonchev–Trinajstić information content (AvgIpc) is 2.14. The SMILES string of the molecule is FCc1cn(I)cn1. The summed E-state index contributed by atoms with van der Waals surface area (Å²) in [4.78, 5) is 3.71. The van der Waals surface area contributed by atoms with Crippen LogP contribution in [0.2, 0.25) is 0 Å². The van der Waals surface area contributed by atoms with Gasteiger partial charge in [-0.3, -0.25) is 2.78 Å². The highest BCUT2D eigenvalue weighted by Crippen LogP contribution is 1.99. The lowest BCUT2D eigenvalue weighted by molar-refractivity contribution is 0.477. The highest BCUT2D eigenvalue weighted by molar-refractivity contribution is 14.1. The van der Waals surface area contributed by atoms with E-state index in [1.54, 1.807) is 15.3 Å². The Morgan fingerprint density at radius 2 is 2.62 bits per heavy atom. The Bertz CT molecular complexity index is 174. The summed E-state index contributed by atoms with van der Waals surface area (Å²) >= 11 is 2.01. The summed E-state index contributed by atoms with van der Waals surface area (Å²) in [5.74, 6) is 0. The molecule has 1 aromatic heterocycles. The van der Waals surface area contributed by atoms with Gasteiger partial charge >= 0.3 is 0 Å². The van der Waals surface area contributed by atoms with Crippen LogP contribution in [-0.4, -0.2) is 7.76 Å². The fourth-order valence-corrected chi connectivity index (χ4v) is 0.853. The Morgan fingerprint density at radius 3 is 2.88 bits per heavy atom. The van der Waals surface area contributed by atoms with Crippen LogP contribution < -0.4 is 0 Å². The normalized spacial score (nSPS) is 9.75. The third-order valence-corrected chi connectivity index (χ3v) is 1.27. The number of nitrogens with zero attached hydrogens (tertiary/aromatic N) is 2. The molecule has 44 valence electrons. The molecule has 0 unspecified atom stereocenters. The molecule has 0 aliphatic rings. The van der Waals surface area contributed by atoms with Gasteiger partial charge in [0.05, 0.1) is 28.6 Å². The maximum absolute atomic E-state index is 11.7. The van der Waals surface area contributed by atoms with Crippen molar-refractivity contribution in [3.8, 4) is 0 Å². The summed E-state index contributed by atoms with van der Waals surface area (Å²) in [6, 6.07) is 0. The molecule has 0 aliphatic heterocycles. The highest BCUT2D eigenvalue weighted by atomic mass is 127. The minimum absolute atomic E-state index is 0.476. The molecule has 0 fully saturated rings. The minimum Gasteiger partial charge on any atom is -0.278 e. The third-order valence-electron chi connectivity index (χ3n) is 0.743. The fourth-order valence-electron chi connectivity index (χ4n) is 0.407. The first-order valence-corrected chi connectivity index (χ1v) is 3.04. The van der Waals surface area contributed by atoms with Gasteiger partial charge in [-0.05, 0) is 0 Å². The lowest BCUT2D eigenvalue weighted by Gasteiger charge is -1.77. The van der Waals surface area contributed by atoms with E-state index in [0.29, 0.717) is 5.69 Å². The van der Waals surface area contributed by atoms with E-state index in [-0.39, 0.29) is 0 Å². The minimum atomic E-state index is -0.476. The molecule has 0 radical (unpaired) electrons. The molecule has 0 saturated carbocycles. The lowest BCUT2D eigenvalue weighted by atomic mass is 10.5. The van der Waals surface area contributed by atoms with Gasteiger partial charge in [0.2, 0.25) is 0 Å². The molecule has 0 N–H and O–H groups in total. The van der Waals surface area contributed by atoms with Crippen LogP contribution in [-0.2, 0) is 6.67 Å². The van der Waals surface area contributed by atoms with Crippen LogP contribution >= 0.6 is 22.9 Å². The Labute approximate surface area is 60.2 Å². The van der Waals surface area contributed by atoms with Crippen LogP contribution in [0.4, 0.5) is 4.39 Å². The second-order valence-electron chi connectivity index (χ2n) is 1.34. The van der Waals surface area contributed by atoms with Gasteiger partial charge in [0.1, 0.15) is 13.0 Å². The van der Waals surface area contributed by atoms with Crippen LogP contribution in [0.25, 0.3) is 0 Å². The van der Waals surface area contributed by atoms with Crippen molar-refractivity contribution in [2.24, 2.45) is 0 Å². The van der Waals surface area contributed by atoms with Crippen molar-refractivity contribution >= 4 is 22.9 Å². The van der Waals surface area contributed by atoms with Crippen molar-refractivity contribution < 1.29 is 4.39 Å². The van der Waals surface area contributed by atoms with E-state index in [0.717, 1.165) is 0 Å². The zero-order valence-corrected chi connectivity index (χ0v) is 6.17. The van der Waals surface area contributed by atoms with E-state index in [4.69, 9.17) is 0 Å². The van der Waals surface area contributed by atoms with Crippen LogP contribution in [0.5, 0.6) is 0 Å². The zero-order valence-electron chi connectivity index (χ0n) is 4.01. The largest absolute Gasteiger partial charge is 0.278 e. The summed E-state index contributed by atoms with van der Waals surface area (Å²) in [5, 5.41) is 0. The molecule has 0 spiro atoms. The van der Waals surface area contributed by atoms with Crippen molar-refractivity contribution in [1.82, 2.24) is 7.76 Å². The van der Waals surface area contributed by atoms with Crippen LogP contribution in [0, 0.1) is 0 Å². The second-order valence-corrected chi connectivity index (χ2v) is 2.46. The molecule has 4 heteroatoms. The molecule has 1 rings (SSSR count). The first kappa shape index (κ1) is 6.00. The maximum Gasteiger partial charge on any atom is 0.133 e. The number of halogens is 2. The molecule has 0 atom stereocenters. The number of rotatable bonds is 1. The summed E-state index contributed by atoms with van der Waals surface area (Å²) < 4.78 is 13.3. The molecule has 8 heavy (non-hydrogen) atoms. The van der Waals surface area contributed by atoms with Gasteiger partial charge in [-0.2, -0.15) is 0 Å². The summed E-state index contributed by atoms with van der Waals surface area (Å²) in [5.41, 5.74) is 0.486. The standard InChI is InChI=1S/C4H4FIN2/c5-1-4-2-8(6)3-7-4/h2-3H,1H2. The van der Waals surface area contributed by atoms with Crippen molar-refractivity contribution in [3.05, 3.63) is 18.2 Å². The van der Waals surface area contributed by atoms with E-state index in [2.05, 4.69) is 4.98 Å². The molecular formula is C4H4FIN2. The van der Waals surface area contributed by atoms with E-state index in [1.165, 1.54) is 0 Å². The molecule has 0 bridgehead atoms. The van der Waals surface area contributed by atoms with Crippen LogP contribution in [0.3, 0.4) is 0 Å². The van der Waals surface area contributed by atoms with Crippen molar-refractivity contribution in [3.63, 3.8) is 0 Å². The van der Waals surface area contributed by atoms with Gasteiger partial charge in [-0.25, -0.2) is 9.37 Å². The van der Waals surface area contributed by atoms with Gasteiger partial charge in [-0.1, -0.05) is 0 Å². The Kier molecular flexibility index (Phi) is 1.82. The first-order valence-electron chi connectivity index (χ1n) is 2.08. The molecule has 0 aromatic carbocycles. The maximum atomic E-state index is 11.7. The van der Waals surface area contributed by atoms with Crippen molar-refractivity contribution in [2.75, 3.05) is 0 Å². The topological polar surface area (TPSA) is 17.8 Å². The van der Waals surface area contributed by atoms with Gasteiger partial charge in [-0.15, -0.1) is 0 Å². The van der Waals surface area contributed by atoms with Crippen LogP contribution in [0.1, 0.15) is 5.69 Å². The number of imidazole rings is 1. The van der Waals surface area contributed by atoms with E-state index >= 15 is 0 Å². The number of aromatic nitrogens is 2. The monoisotopic (exact) mass is 226 g/mol. The molecule has 0 saturated heterocycles. The van der Waals surface area contributed by atoms with Crippen LogP contribution in [0.15, 0.2) is 12.5 Å². The van der Waals surface area contributed by atoms with Crippen molar-refractivity contribution in [1.29, 1.82) is 0 Å². The molecule has 2 nitrogen and oxygen atoms in total. The Morgan fingerprint density at radius 1 is 1.88 bits per heavy atom. The number of hydrogen-bond donors (Lipinski definition) is 0. The van der Waals surface area contributed by atoms with Gasteiger partial charge in [0, 0.05) is 6.20 Å². The summed E-state index contributed by atoms with van der Waals surface area (Å²) in [7, 11) is 0. The summed E-state index contributed by atoms with van der Waals surface area (Å²) in [6.07, 6.45) is 3.20. The van der Waals surface area contributed by atoms with E-state index < -0.39 is 6.67 Å². The third kappa shape index (κ3) is 1.18. The highest BCUT2D eigenvalue weighted by Gasteiger charge is 1.91. The van der Waals surface area contributed by atoms with Gasteiger partial charge < -0.3 is 0 Å². The average molecular weight is 226 g/mol. The lowest BCUT2D eigenvalue weighted by Crippen LogP contribution is -1.72. The molecular weight excluding hydrogens is 222 g/mol. The van der Waals surface area contributed by atoms with Gasteiger partial charge in [0.15, 0.2) is 0 Å². The predicted octanol–water partition coefficient (Wildman–Crippen LogP) is 1.55. The predicted molar refractivity (Wildman–Crippen MR) is 36.5 cm³/mol.